The third-order valence-electron chi connectivity index (χ3n) is 3.74. The predicted molar refractivity (Wildman–Crippen MR) is 101 cm³/mol. The number of nitrogens with one attached hydrogen (secondary N) is 1. The monoisotopic (exact) mass is 383 g/mol. The van der Waals surface area contributed by atoms with Gasteiger partial charge < -0.3 is 19.5 Å². The topological polar surface area (TPSA) is 124 Å². The van der Waals surface area contributed by atoms with E-state index < -0.39 is 10.8 Å². The van der Waals surface area contributed by atoms with Crippen LogP contribution in [0.3, 0.4) is 0 Å². The number of anilines is 1. The minimum Gasteiger partial charge on any atom is -0.497 e. The fraction of sp³-hybridized carbons (Fsp3) is 0.158. The first kappa shape index (κ1) is 20.3. The lowest BCUT2D eigenvalue weighted by Crippen LogP contribution is -2.13. The molecule has 2 aromatic carbocycles. The van der Waals surface area contributed by atoms with E-state index in [9.17, 15) is 20.2 Å². The van der Waals surface area contributed by atoms with Gasteiger partial charge in [0.05, 0.1) is 37.9 Å². The molecule has 0 saturated carbocycles. The van der Waals surface area contributed by atoms with Crippen LogP contribution in [0.15, 0.2) is 42.0 Å². The molecule has 0 aromatic heterocycles. The zero-order chi connectivity index (χ0) is 20.7. The van der Waals surface area contributed by atoms with Gasteiger partial charge in [-0.15, -0.1) is 0 Å². The molecular weight excluding hydrogens is 366 g/mol. The molecule has 0 aliphatic carbocycles. The Kier molecular flexibility index (Phi) is 6.54. The summed E-state index contributed by atoms with van der Waals surface area (Å²) in [6.45, 7) is 0. The molecule has 0 unspecified atom stereocenters. The highest BCUT2D eigenvalue weighted by Crippen LogP contribution is 2.35. The Morgan fingerprint density at radius 2 is 1.71 bits per heavy atom. The molecule has 2 aromatic rings. The Bertz CT molecular complexity index is 961. The Balaban J connectivity index is 2.40. The molecular formula is C19H17N3O6. The third-order valence-corrected chi connectivity index (χ3v) is 3.74. The van der Waals surface area contributed by atoms with E-state index in [2.05, 4.69) is 5.32 Å². The van der Waals surface area contributed by atoms with Gasteiger partial charge in [0.1, 0.15) is 17.4 Å². The number of ether oxygens (including phenoxy) is 3. The van der Waals surface area contributed by atoms with Crippen LogP contribution in [-0.2, 0) is 4.79 Å². The van der Waals surface area contributed by atoms with E-state index in [1.165, 1.54) is 33.5 Å². The summed E-state index contributed by atoms with van der Waals surface area (Å²) in [6.07, 6.45) is 1.12. The third kappa shape index (κ3) is 4.56. The maximum atomic E-state index is 12.4. The minimum absolute atomic E-state index is 0.0316. The number of methoxy groups -OCH3 is 3. The molecule has 0 heterocycles. The summed E-state index contributed by atoms with van der Waals surface area (Å²) in [5.74, 6) is 0.284. The van der Waals surface area contributed by atoms with Crippen LogP contribution < -0.4 is 19.5 Å². The van der Waals surface area contributed by atoms with Crippen molar-refractivity contribution in [1.82, 2.24) is 0 Å². The van der Waals surface area contributed by atoms with Crippen molar-refractivity contribution in [3.8, 4) is 23.3 Å². The lowest BCUT2D eigenvalue weighted by atomic mass is 10.1. The number of rotatable bonds is 7. The molecule has 0 aliphatic heterocycles. The van der Waals surface area contributed by atoms with Gasteiger partial charge in [-0.05, 0) is 36.4 Å². The van der Waals surface area contributed by atoms with E-state index in [1.54, 1.807) is 30.3 Å². The second-order valence-corrected chi connectivity index (χ2v) is 5.38. The molecule has 0 bridgehead atoms. The Hall–Kier alpha value is -4.06. The van der Waals surface area contributed by atoms with E-state index in [-0.39, 0.29) is 28.3 Å². The van der Waals surface area contributed by atoms with E-state index >= 15 is 0 Å². The van der Waals surface area contributed by atoms with Gasteiger partial charge in [-0.25, -0.2) is 0 Å². The van der Waals surface area contributed by atoms with Crippen LogP contribution in [0, 0.1) is 21.4 Å². The number of amides is 1. The van der Waals surface area contributed by atoms with Gasteiger partial charge in [-0.1, -0.05) is 0 Å². The van der Waals surface area contributed by atoms with E-state index in [0.29, 0.717) is 11.4 Å². The molecule has 0 saturated heterocycles. The van der Waals surface area contributed by atoms with Gasteiger partial charge in [-0.2, -0.15) is 5.26 Å². The van der Waals surface area contributed by atoms with Crippen molar-refractivity contribution in [2.75, 3.05) is 26.6 Å². The molecule has 1 amide bonds. The number of nitro groups is 1. The summed E-state index contributed by atoms with van der Waals surface area (Å²) >= 11 is 0. The fourth-order valence-electron chi connectivity index (χ4n) is 2.33. The van der Waals surface area contributed by atoms with Gasteiger partial charge in [0, 0.05) is 5.69 Å². The summed E-state index contributed by atoms with van der Waals surface area (Å²) in [7, 11) is 4.24. The van der Waals surface area contributed by atoms with Crippen molar-refractivity contribution in [3.05, 3.63) is 57.6 Å². The first-order valence-corrected chi connectivity index (χ1v) is 7.91. The predicted octanol–water partition coefficient (Wildman–Crippen LogP) is 3.17. The number of carbonyl (C=O) groups is 1. The lowest BCUT2D eigenvalue weighted by molar-refractivity contribution is -0.385. The molecule has 0 fully saturated rings. The highest BCUT2D eigenvalue weighted by atomic mass is 16.6. The first-order chi connectivity index (χ1) is 13.4. The maximum Gasteiger partial charge on any atom is 0.280 e. The van der Waals surface area contributed by atoms with Crippen LogP contribution in [0.5, 0.6) is 17.2 Å². The van der Waals surface area contributed by atoms with Crippen LogP contribution in [0.4, 0.5) is 11.4 Å². The largest absolute Gasteiger partial charge is 0.497 e. The summed E-state index contributed by atoms with van der Waals surface area (Å²) in [6, 6.07) is 10.7. The van der Waals surface area contributed by atoms with Crippen molar-refractivity contribution in [2.24, 2.45) is 0 Å². The molecule has 9 heteroatoms. The number of hydrogen-bond acceptors (Lipinski definition) is 7. The van der Waals surface area contributed by atoms with Crippen molar-refractivity contribution in [3.63, 3.8) is 0 Å². The van der Waals surface area contributed by atoms with Crippen molar-refractivity contribution in [2.45, 2.75) is 0 Å². The standard InChI is InChI=1S/C19H17N3O6/c1-26-15-6-4-14(5-7-15)21-19(23)13(11-20)8-12-9-17(27-2)18(28-3)10-16(12)22(24)25/h4-10H,1-3H3,(H,21,23)/b13-8+. The van der Waals surface area contributed by atoms with E-state index in [1.807, 2.05) is 0 Å². The normalized spacial score (nSPS) is 10.6. The number of carbonyl (C=O) groups excluding carboxylic acids is 1. The SMILES string of the molecule is COc1ccc(NC(=O)/C(C#N)=C/c2cc(OC)c(OC)cc2[N+](=O)[O-])cc1. The first-order valence-electron chi connectivity index (χ1n) is 7.91. The average Bonchev–Trinajstić information content (AvgIpc) is 2.71. The highest BCUT2D eigenvalue weighted by molar-refractivity contribution is 6.10. The van der Waals surface area contributed by atoms with E-state index in [4.69, 9.17) is 14.2 Å². The molecule has 28 heavy (non-hydrogen) atoms. The summed E-state index contributed by atoms with van der Waals surface area (Å²) in [5.41, 5.74) is -0.174. The number of nitriles is 1. The second-order valence-electron chi connectivity index (χ2n) is 5.38. The quantitative estimate of drug-likeness (QED) is 0.337. The zero-order valence-electron chi connectivity index (χ0n) is 15.4. The Morgan fingerprint density at radius 1 is 1.11 bits per heavy atom. The number of nitro benzene ring substituents is 1. The van der Waals surface area contributed by atoms with Gasteiger partial charge >= 0.3 is 0 Å². The molecule has 0 aliphatic rings. The number of nitrogens with zero attached hydrogens (tertiary/aromatic N) is 2. The van der Waals surface area contributed by atoms with Crippen molar-refractivity contribution >= 4 is 23.4 Å². The zero-order valence-corrected chi connectivity index (χ0v) is 15.4. The summed E-state index contributed by atoms with van der Waals surface area (Å²) in [4.78, 5) is 23.1. The van der Waals surface area contributed by atoms with Crippen molar-refractivity contribution in [1.29, 1.82) is 5.26 Å². The van der Waals surface area contributed by atoms with Crippen LogP contribution >= 0.6 is 0 Å². The molecule has 1 N–H and O–H groups in total. The second kappa shape index (κ2) is 9.05. The molecule has 2 rings (SSSR count). The smallest absolute Gasteiger partial charge is 0.280 e. The minimum atomic E-state index is -0.711. The summed E-state index contributed by atoms with van der Waals surface area (Å²) < 4.78 is 15.2. The molecule has 9 nitrogen and oxygen atoms in total. The Morgan fingerprint density at radius 3 is 2.21 bits per heavy atom. The van der Waals surface area contributed by atoms with Crippen LogP contribution in [0.25, 0.3) is 6.08 Å². The average molecular weight is 383 g/mol. The molecule has 144 valence electrons. The van der Waals surface area contributed by atoms with Crippen LogP contribution in [0.2, 0.25) is 0 Å². The lowest BCUT2D eigenvalue weighted by Gasteiger charge is -2.09. The Labute approximate surface area is 160 Å². The highest BCUT2D eigenvalue weighted by Gasteiger charge is 2.20. The fourth-order valence-corrected chi connectivity index (χ4v) is 2.33. The maximum absolute atomic E-state index is 12.4. The number of benzene rings is 2. The molecule has 0 atom stereocenters. The van der Waals surface area contributed by atoms with Gasteiger partial charge in [0.15, 0.2) is 11.5 Å². The van der Waals surface area contributed by atoms with Crippen LogP contribution in [0.1, 0.15) is 5.56 Å². The summed E-state index contributed by atoms with van der Waals surface area (Å²) in [5, 5.41) is 23.3. The number of hydrogen-bond donors (Lipinski definition) is 1. The van der Waals surface area contributed by atoms with Gasteiger partial charge in [0.2, 0.25) is 0 Å². The molecule has 0 radical (unpaired) electrons. The van der Waals surface area contributed by atoms with E-state index in [0.717, 1.165) is 6.08 Å². The molecule has 0 spiro atoms. The van der Waals surface area contributed by atoms with Gasteiger partial charge in [0.25, 0.3) is 11.6 Å². The van der Waals surface area contributed by atoms with Crippen molar-refractivity contribution < 1.29 is 23.9 Å². The van der Waals surface area contributed by atoms with Crippen LogP contribution in [-0.4, -0.2) is 32.2 Å². The van der Waals surface area contributed by atoms with Gasteiger partial charge in [-0.3, -0.25) is 14.9 Å².